The number of phenols is 1. The second-order valence-electron chi connectivity index (χ2n) is 6.96. The van der Waals surface area contributed by atoms with E-state index in [9.17, 15) is 19.5 Å². The molecule has 3 aromatic rings. The number of carbonyl (C=O) groups excluding carboxylic acids is 3. The van der Waals surface area contributed by atoms with Crippen LogP contribution >= 0.6 is 11.6 Å². The molecule has 3 aromatic carbocycles. The summed E-state index contributed by atoms with van der Waals surface area (Å²) < 4.78 is 5.72. The summed E-state index contributed by atoms with van der Waals surface area (Å²) >= 11 is 5.87. The number of ether oxygens (including phenoxy) is 1. The van der Waals surface area contributed by atoms with Crippen molar-refractivity contribution < 1.29 is 24.2 Å². The van der Waals surface area contributed by atoms with Gasteiger partial charge in [-0.1, -0.05) is 35.9 Å². The molecule has 0 saturated carbocycles. The highest BCUT2D eigenvalue weighted by Gasteiger charge is 2.36. The van der Waals surface area contributed by atoms with E-state index in [1.165, 1.54) is 18.2 Å². The number of amides is 4. The molecule has 8 heteroatoms. The molecule has 1 saturated heterocycles. The number of halogens is 1. The zero-order valence-corrected chi connectivity index (χ0v) is 17.4. The third-order valence-electron chi connectivity index (χ3n) is 4.72. The van der Waals surface area contributed by atoms with Crippen LogP contribution in [0.3, 0.4) is 0 Å². The average Bonchev–Trinajstić information content (AvgIpc) is 2.78. The lowest BCUT2D eigenvalue weighted by Gasteiger charge is -2.26. The molecule has 4 amide bonds. The number of nitrogens with one attached hydrogen (secondary N) is 1. The minimum absolute atomic E-state index is 0.0572. The summed E-state index contributed by atoms with van der Waals surface area (Å²) in [5, 5.41) is 12.2. The van der Waals surface area contributed by atoms with Gasteiger partial charge in [0.15, 0.2) is 0 Å². The average molecular weight is 449 g/mol. The quantitative estimate of drug-likeness (QED) is 0.448. The van der Waals surface area contributed by atoms with Crippen LogP contribution < -0.4 is 15.0 Å². The van der Waals surface area contributed by atoms with E-state index < -0.39 is 17.8 Å². The molecule has 0 aromatic heterocycles. The molecule has 0 unspecified atom stereocenters. The molecule has 1 aliphatic rings. The van der Waals surface area contributed by atoms with E-state index in [-0.39, 0.29) is 17.0 Å². The van der Waals surface area contributed by atoms with Crippen molar-refractivity contribution in [1.82, 2.24) is 5.32 Å². The fourth-order valence-corrected chi connectivity index (χ4v) is 3.19. The zero-order chi connectivity index (χ0) is 22.7. The summed E-state index contributed by atoms with van der Waals surface area (Å²) in [4.78, 5) is 38.4. The fourth-order valence-electron chi connectivity index (χ4n) is 3.07. The Hall–Kier alpha value is -4.10. The van der Waals surface area contributed by atoms with E-state index in [0.717, 1.165) is 10.5 Å². The number of nitrogens with zero attached hydrogens (tertiary/aromatic N) is 1. The molecular formula is C24H17ClN2O5. The summed E-state index contributed by atoms with van der Waals surface area (Å²) in [5.41, 5.74) is 1.56. The second kappa shape index (κ2) is 8.95. The maximum atomic E-state index is 12.9. The molecule has 1 fully saturated rings. The first kappa shape index (κ1) is 21.1. The maximum Gasteiger partial charge on any atom is 0.335 e. The van der Waals surface area contributed by atoms with Crippen LogP contribution in [0.4, 0.5) is 10.5 Å². The van der Waals surface area contributed by atoms with Crippen molar-refractivity contribution >= 4 is 41.2 Å². The molecule has 1 aliphatic heterocycles. The Morgan fingerprint density at radius 3 is 2.22 bits per heavy atom. The Bertz CT molecular complexity index is 1200. The summed E-state index contributed by atoms with van der Waals surface area (Å²) in [6.45, 7) is 0.327. The molecule has 7 nitrogen and oxygen atoms in total. The number of hydrogen-bond donors (Lipinski definition) is 2. The van der Waals surface area contributed by atoms with Crippen molar-refractivity contribution in [3.8, 4) is 11.5 Å². The largest absolute Gasteiger partial charge is 0.508 e. The third kappa shape index (κ3) is 4.63. The number of imide groups is 2. The molecule has 0 aliphatic carbocycles. The van der Waals surface area contributed by atoms with Gasteiger partial charge in [-0.2, -0.15) is 0 Å². The molecule has 4 rings (SSSR count). The molecule has 160 valence electrons. The fraction of sp³-hybridized carbons (Fsp3) is 0.0417. The highest BCUT2D eigenvalue weighted by Crippen LogP contribution is 2.25. The Morgan fingerprint density at radius 2 is 1.56 bits per heavy atom. The first-order chi connectivity index (χ1) is 15.4. The molecule has 0 bridgehead atoms. The predicted molar refractivity (Wildman–Crippen MR) is 119 cm³/mol. The van der Waals surface area contributed by atoms with Gasteiger partial charge in [-0.3, -0.25) is 14.9 Å². The lowest BCUT2D eigenvalue weighted by Crippen LogP contribution is -2.54. The predicted octanol–water partition coefficient (Wildman–Crippen LogP) is 4.29. The Labute approximate surface area is 188 Å². The highest BCUT2D eigenvalue weighted by atomic mass is 35.5. The molecule has 0 radical (unpaired) electrons. The van der Waals surface area contributed by atoms with Gasteiger partial charge in [0.1, 0.15) is 23.7 Å². The second-order valence-corrected chi connectivity index (χ2v) is 7.39. The van der Waals surface area contributed by atoms with Gasteiger partial charge in [-0.25, -0.2) is 9.69 Å². The standard InChI is InChI=1S/C24H17ClN2O5/c25-17-5-1-16(2-6-17)14-32-20-11-7-18(8-12-20)27-23(30)21(22(29)26-24(27)31)13-15-3-9-19(28)10-4-15/h1-13,28H,14H2,(H,26,29,31). The van der Waals surface area contributed by atoms with E-state index in [0.29, 0.717) is 22.9 Å². The zero-order valence-electron chi connectivity index (χ0n) is 16.6. The number of rotatable bonds is 5. The van der Waals surface area contributed by atoms with Gasteiger partial charge in [-0.05, 0) is 65.7 Å². The normalized spacial score (nSPS) is 15.1. The van der Waals surface area contributed by atoms with Gasteiger partial charge >= 0.3 is 6.03 Å². The molecule has 1 heterocycles. The number of barbiturate groups is 1. The Morgan fingerprint density at radius 1 is 0.906 bits per heavy atom. The minimum Gasteiger partial charge on any atom is -0.508 e. The van der Waals surface area contributed by atoms with Gasteiger partial charge in [-0.15, -0.1) is 0 Å². The monoisotopic (exact) mass is 448 g/mol. The summed E-state index contributed by atoms with van der Waals surface area (Å²) in [5.74, 6) is -0.930. The number of benzene rings is 3. The number of urea groups is 1. The third-order valence-corrected chi connectivity index (χ3v) is 4.97. The van der Waals surface area contributed by atoms with E-state index in [1.54, 1.807) is 48.5 Å². The molecule has 2 N–H and O–H groups in total. The van der Waals surface area contributed by atoms with Crippen LogP contribution in [0.1, 0.15) is 11.1 Å². The summed E-state index contributed by atoms with van der Waals surface area (Å²) in [7, 11) is 0. The molecule has 0 atom stereocenters. The molecule has 0 spiro atoms. The Balaban J connectivity index is 1.51. The van der Waals surface area contributed by atoms with Crippen molar-refractivity contribution in [2.24, 2.45) is 0 Å². The smallest absolute Gasteiger partial charge is 0.335 e. The molecular weight excluding hydrogens is 432 g/mol. The van der Waals surface area contributed by atoms with Gasteiger partial charge in [0.2, 0.25) is 0 Å². The SMILES string of the molecule is O=C1NC(=O)N(c2ccc(OCc3ccc(Cl)cc3)cc2)C(=O)C1=Cc1ccc(O)cc1. The van der Waals surface area contributed by atoms with Crippen LogP contribution in [0, 0.1) is 0 Å². The van der Waals surface area contributed by atoms with Crippen LogP contribution in [0.15, 0.2) is 78.4 Å². The van der Waals surface area contributed by atoms with Gasteiger partial charge in [0.05, 0.1) is 5.69 Å². The van der Waals surface area contributed by atoms with Gasteiger partial charge < -0.3 is 9.84 Å². The van der Waals surface area contributed by atoms with Crippen molar-refractivity contribution in [3.05, 3.63) is 94.5 Å². The van der Waals surface area contributed by atoms with Crippen LogP contribution in [0.25, 0.3) is 6.08 Å². The van der Waals surface area contributed by atoms with Crippen molar-refractivity contribution in [1.29, 1.82) is 0 Å². The number of hydrogen-bond acceptors (Lipinski definition) is 5. The number of aromatic hydroxyl groups is 1. The lowest BCUT2D eigenvalue weighted by molar-refractivity contribution is -0.122. The van der Waals surface area contributed by atoms with Crippen LogP contribution in [-0.2, 0) is 16.2 Å². The summed E-state index contributed by atoms with van der Waals surface area (Å²) in [6, 6.07) is 18.8. The van der Waals surface area contributed by atoms with Gasteiger partial charge in [0, 0.05) is 5.02 Å². The van der Waals surface area contributed by atoms with Crippen molar-refractivity contribution in [3.63, 3.8) is 0 Å². The number of phenolic OH excluding ortho intramolecular Hbond substituents is 1. The first-order valence-corrected chi connectivity index (χ1v) is 9.96. The van der Waals surface area contributed by atoms with Gasteiger partial charge in [0.25, 0.3) is 11.8 Å². The minimum atomic E-state index is -0.835. The molecule has 32 heavy (non-hydrogen) atoms. The highest BCUT2D eigenvalue weighted by molar-refractivity contribution is 6.39. The maximum absolute atomic E-state index is 12.9. The van der Waals surface area contributed by atoms with E-state index in [4.69, 9.17) is 16.3 Å². The van der Waals surface area contributed by atoms with Crippen molar-refractivity contribution in [2.75, 3.05) is 4.90 Å². The lowest BCUT2D eigenvalue weighted by atomic mass is 10.1. The number of carbonyl (C=O) groups is 3. The van der Waals surface area contributed by atoms with E-state index in [1.807, 2.05) is 12.1 Å². The van der Waals surface area contributed by atoms with Crippen LogP contribution in [0.5, 0.6) is 11.5 Å². The van der Waals surface area contributed by atoms with Crippen LogP contribution in [-0.4, -0.2) is 23.0 Å². The van der Waals surface area contributed by atoms with Crippen molar-refractivity contribution in [2.45, 2.75) is 6.61 Å². The Kier molecular flexibility index (Phi) is 5.91. The van der Waals surface area contributed by atoms with E-state index >= 15 is 0 Å². The summed E-state index contributed by atoms with van der Waals surface area (Å²) in [6.07, 6.45) is 1.36. The van der Waals surface area contributed by atoms with Crippen LogP contribution in [0.2, 0.25) is 5.02 Å². The van der Waals surface area contributed by atoms with E-state index in [2.05, 4.69) is 5.32 Å². The number of anilines is 1. The first-order valence-electron chi connectivity index (χ1n) is 9.58. The topological polar surface area (TPSA) is 95.9 Å².